The zero-order valence-corrected chi connectivity index (χ0v) is 10.9. The number of aromatic nitrogens is 3. The van der Waals surface area contributed by atoms with Crippen molar-refractivity contribution in [1.29, 1.82) is 0 Å². The number of hydrogen-bond donors (Lipinski definition) is 1. The van der Waals surface area contributed by atoms with Crippen LogP contribution in [0.5, 0.6) is 0 Å². The summed E-state index contributed by atoms with van der Waals surface area (Å²) >= 11 is 1.37. The molecule has 3 rings (SSSR count). The quantitative estimate of drug-likeness (QED) is 0.902. The van der Waals surface area contributed by atoms with E-state index in [4.69, 9.17) is 5.11 Å². The maximum Gasteiger partial charge on any atom is 0.229 e. The molecule has 6 nitrogen and oxygen atoms in total. The zero-order valence-electron chi connectivity index (χ0n) is 10.1. The van der Waals surface area contributed by atoms with Crippen LogP contribution >= 0.6 is 11.3 Å². The van der Waals surface area contributed by atoms with Gasteiger partial charge in [-0.15, -0.1) is 10.2 Å². The third kappa shape index (κ3) is 2.34. The van der Waals surface area contributed by atoms with Crippen LogP contribution in [-0.2, 0) is 4.79 Å². The molecule has 1 fully saturated rings. The van der Waals surface area contributed by atoms with Gasteiger partial charge < -0.3 is 5.11 Å². The minimum Gasteiger partial charge on any atom is -0.396 e. The fourth-order valence-electron chi connectivity index (χ4n) is 2.02. The van der Waals surface area contributed by atoms with Crippen molar-refractivity contribution in [2.45, 2.75) is 6.42 Å². The van der Waals surface area contributed by atoms with Gasteiger partial charge in [0, 0.05) is 43.4 Å². The summed E-state index contributed by atoms with van der Waals surface area (Å²) in [5.74, 6) is -0.00254. The zero-order chi connectivity index (χ0) is 13.2. The molecule has 2 aromatic rings. The van der Waals surface area contributed by atoms with Crippen molar-refractivity contribution in [3.05, 3.63) is 24.5 Å². The van der Waals surface area contributed by atoms with Gasteiger partial charge in [0.1, 0.15) is 5.01 Å². The van der Waals surface area contributed by atoms with E-state index in [-0.39, 0.29) is 18.4 Å². The van der Waals surface area contributed by atoms with Crippen LogP contribution in [0, 0.1) is 5.92 Å². The van der Waals surface area contributed by atoms with Crippen LogP contribution in [0.1, 0.15) is 6.42 Å². The molecule has 1 N–H and O–H groups in total. The molecule has 1 atom stereocenters. The van der Waals surface area contributed by atoms with Crippen molar-refractivity contribution in [3.63, 3.8) is 0 Å². The average Bonchev–Trinajstić information content (AvgIpc) is 3.06. The molecular formula is C12H12N4O2S. The van der Waals surface area contributed by atoms with E-state index in [1.54, 1.807) is 17.3 Å². The summed E-state index contributed by atoms with van der Waals surface area (Å²) in [6, 6.07) is 3.71. The molecule has 1 aliphatic heterocycles. The van der Waals surface area contributed by atoms with E-state index < -0.39 is 0 Å². The van der Waals surface area contributed by atoms with Gasteiger partial charge >= 0.3 is 0 Å². The Hall–Kier alpha value is -1.86. The molecule has 3 heterocycles. The van der Waals surface area contributed by atoms with Gasteiger partial charge in [-0.25, -0.2) is 0 Å². The molecular weight excluding hydrogens is 264 g/mol. The first-order valence-corrected chi connectivity index (χ1v) is 6.74. The number of carbonyl (C=O) groups is 1. The number of amides is 1. The van der Waals surface area contributed by atoms with E-state index in [9.17, 15) is 4.79 Å². The molecule has 0 aromatic carbocycles. The minimum atomic E-state index is -0.00326. The molecule has 98 valence electrons. The first kappa shape index (κ1) is 12.2. The van der Waals surface area contributed by atoms with E-state index in [1.807, 2.05) is 12.1 Å². The molecule has 2 aromatic heterocycles. The molecule has 19 heavy (non-hydrogen) atoms. The van der Waals surface area contributed by atoms with Crippen LogP contribution in [0.15, 0.2) is 24.5 Å². The largest absolute Gasteiger partial charge is 0.396 e. The van der Waals surface area contributed by atoms with Crippen molar-refractivity contribution < 1.29 is 9.90 Å². The third-order valence-electron chi connectivity index (χ3n) is 3.04. The number of nitrogens with zero attached hydrogens (tertiary/aromatic N) is 4. The summed E-state index contributed by atoms with van der Waals surface area (Å²) in [5, 5.41) is 18.6. The SMILES string of the molecule is O=C1CC(CO)CN1c1nnc(-c2ccncc2)s1. The standard InChI is InChI=1S/C12H12N4O2S/c17-7-8-5-10(18)16(6-8)12-15-14-11(19-12)9-1-3-13-4-2-9/h1-4,8,17H,5-7H2. The Bertz CT molecular complexity index is 586. The fraction of sp³-hybridized carbons (Fsp3) is 0.333. The molecule has 0 bridgehead atoms. The Morgan fingerprint density at radius 2 is 2.16 bits per heavy atom. The van der Waals surface area contributed by atoms with E-state index >= 15 is 0 Å². The summed E-state index contributed by atoms with van der Waals surface area (Å²) in [5.41, 5.74) is 0.934. The van der Waals surface area contributed by atoms with E-state index in [0.717, 1.165) is 10.6 Å². The predicted molar refractivity (Wildman–Crippen MR) is 70.7 cm³/mol. The molecule has 1 aliphatic rings. The summed E-state index contributed by atoms with van der Waals surface area (Å²) < 4.78 is 0. The second-order valence-electron chi connectivity index (χ2n) is 4.38. The monoisotopic (exact) mass is 276 g/mol. The highest BCUT2D eigenvalue weighted by molar-refractivity contribution is 7.18. The molecule has 7 heteroatoms. The van der Waals surface area contributed by atoms with Crippen LogP contribution in [0.25, 0.3) is 10.6 Å². The van der Waals surface area contributed by atoms with Gasteiger partial charge in [-0.1, -0.05) is 11.3 Å². The maximum atomic E-state index is 11.8. The van der Waals surface area contributed by atoms with Gasteiger partial charge in [-0.3, -0.25) is 14.7 Å². The summed E-state index contributed by atoms with van der Waals surface area (Å²) in [6.07, 6.45) is 3.76. The van der Waals surface area contributed by atoms with Crippen molar-refractivity contribution in [2.75, 3.05) is 18.1 Å². The lowest BCUT2D eigenvalue weighted by atomic mass is 10.1. The molecule has 1 unspecified atom stereocenters. The first-order valence-electron chi connectivity index (χ1n) is 5.93. The van der Waals surface area contributed by atoms with Crippen LogP contribution in [0.2, 0.25) is 0 Å². The number of hydrogen-bond acceptors (Lipinski definition) is 6. The Balaban J connectivity index is 1.84. The average molecular weight is 276 g/mol. The number of aliphatic hydroxyl groups is 1. The Kier molecular flexibility index (Phi) is 3.22. The summed E-state index contributed by atoms with van der Waals surface area (Å²) in [7, 11) is 0. The fourth-order valence-corrected chi connectivity index (χ4v) is 2.90. The van der Waals surface area contributed by atoms with E-state index in [0.29, 0.717) is 18.1 Å². The summed E-state index contributed by atoms with van der Waals surface area (Å²) in [6.45, 7) is 0.540. The molecule has 0 spiro atoms. The van der Waals surface area contributed by atoms with Gasteiger partial charge in [-0.2, -0.15) is 0 Å². The Morgan fingerprint density at radius 1 is 1.37 bits per heavy atom. The lowest BCUT2D eigenvalue weighted by molar-refractivity contribution is -0.117. The van der Waals surface area contributed by atoms with Gasteiger partial charge in [-0.05, 0) is 12.1 Å². The van der Waals surface area contributed by atoms with Gasteiger partial charge in [0.25, 0.3) is 0 Å². The number of aliphatic hydroxyl groups excluding tert-OH is 1. The Morgan fingerprint density at radius 3 is 2.84 bits per heavy atom. The molecule has 0 radical (unpaired) electrons. The molecule has 1 saturated heterocycles. The molecule has 0 aliphatic carbocycles. The van der Waals surface area contributed by atoms with Gasteiger partial charge in [0.2, 0.25) is 11.0 Å². The maximum absolute atomic E-state index is 11.8. The minimum absolute atomic E-state index is 0.000718. The van der Waals surface area contributed by atoms with Gasteiger partial charge in [0.05, 0.1) is 0 Å². The number of anilines is 1. The van der Waals surface area contributed by atoms with E-state index in [2.05, 4.69) is 15.2 Å². The highest BCUT2D eigenvalue weighted by atomic mass is 32.1. The van der Waals surface area contributed by atoms with Gasteiger partial charge in [0.15, 0.2) is 0 Å². The second-order valence-corrected chi connectivity index (χ2v) is 5.34. The normalized spacial score (nSPS) is 19.1. The van der Waals surface area contributed by atoms with Crippen molar-refractivity contribution in [3.8, 4) is 10.6 Å². The van der Waals surface area contributed by atoms with Crippen molar-refractivity contribution in [1.82, 2.24) is 15.2 Å². The van der Waals surface area contributed by atoms with Crippen LogP contribution < -0.4 is 4.90 Å². The third-order valence-corrected chi connectivity index (χ3v) is 4.03. The smallest absolute Gasteiger partial charge is 0.229 e. The van der Waals surface area contributed by atoms with Crippen LogP contribution in [-0.4, -0.2) is 39.3 Å². The highest BCUT2D eigenvalue weighted by Crippen LogP contribution is 2.31. The predicted octanol–water partition coefficient (Wildman–Crippen LogP) is 0.945. The molecule has 1 amide bonds. The lowest BCUT2D eigenvalue weighted by Crippen LogP contribution is -2.24. The Labute approximate surface area is 113 Å². The van der Waals surface area contributed by atoms with Crippen LogP contribution in [0.3, 0.4) is 0 Å². The first-order chi connectivity index (χ1) is 9.28. The lowest BCUT2D eigenvalue weighted by Gasteiger charge is -2.10. The molecule has 0 saturated carbocycles. The number of rotatable bonds is 3. The highest BCUT2D eigenvalue weighted by Gasteiger charge is 2.32. The topological polar surface area (TPSA) is 79.2 Å². The second kappa shape index (κ2) is 5.02. The summed E-state index contributed by atoms with van der Waals surface area (Å²) in [4.78, 5) is 17.4. The number of carbonyl (C=O) groups excluding carboxylic acids is 1. The van der Waals surface area contributed by atoms with Crippen molar-refractivity contribution >= 4 is 22.4 Å². The van der Waals surface area contributed by atoms with Crippen molar-refractivity contribution in [2.24, 2.45) is 5.92 Å². The van der Waals surface area contributed by atoms with E-state index in [1.165, 1.54) is 11.3 Å². The number of pyridine rings is 1. The van der Waals surface area contributed by atoms with Crippen LogP contribution in [0.4, 0.5) is 5.13 Å².